The summed E-state index contributed by atoms with van der Waals surface area (Å²) in [5.74, 6) is 1.59. The molecule has 0 aliphatic rings. The molecule has 0 bridgehead atoms. The molecule has 1 aromatic rings. The first kappa shape index (κ1) is 10.3. The smallest absolute Gasteiger partial charge is 0.295 e. The van der Waals surface area contributed by atoms with Crippen LogP contribution in [0.4, 0.5) is 0 Å². The molecule has 0 aromatic heterocycles. The van der Waals surface area contributed by atoms with Gasteiger partial charge < -0.3 is 11.1 Å². The zero-order chi connectivity index (χ0) is 10.4. The molecule has 0 unspecified atom stereocenters. The fourth-order valence-electron chi connectivity index (χ4n) is 1.16. The molecular weight excluding hydrogens is 176 g/mol. The van der Waals surface area contributed by atoms with Crippen LogP contribution in [-0.4, -0.2) is 5.91 Å². The highest BCUT2D eigenvalue weighted by Gasteiger charge is 2.00. The van der Waals surface area contributed by atoms with E-state index in [1.165, 1.54) is 0 Å². The van der Waals surface area contributed by atoms with E-state index in [9.17, 15) is 4.79 Å². The lowest BCUT2D eigenvalue weighted by Crippen LogP contribution is -2.21. The van der Waals surface area contributed by atoms with E-state index in [2.05, 4.69) is 5.32 Å². The van der Waals surface area contributed by atoms with E-state index in [-0.39, 0.29) is 0 Å². The number of carbonyl (C=O) groups is 1. The van der Waals surface area contributed by atoms with E-state index >= 15 is 0 Å². The van der Waals surface area contributed by atoms with Crippen molar-refractivity contribution in [1.29, 1.82) is 0 Å². The van der Waals surface area contributed by atoms with Crippen LogP contribution in [0.15, 0.2) is 24.3 Å². The molecule has 1 aromatic carbocycles. The molecule has 3 heteroatoms. The summed E-state index contributed by atoms with van der Waals surface area (Å²) in [6, 6.07) is 7.65. The van der Waals surface area contributed by atoms with Crippen molar-refractivity contribution in [2.75, 3.05) is 0 Å². The lowest BCUT2D eigenvalue weighted by Gasteiger charge is -2.06. The second-order valence-electron chi connectivity index (χ2n) is 2.80. The number of amides is 1. The summed E-state index contributed by atoms with van der Waals surface area (Å²) in [6.45, 7) is 0.887. The minimum absolute atomic E-state index is 0.406. The topological polar surface area (TPSA) is 55.1 Å². The molecule has 0 atom stereocenters. The van der Waals surface area contributed by atoms with Gasteiger partial charge in [-0.15, -0.1) is 6.42 Å². The van der Waals surface area contributed by atoms with Crippen molar-refractivity contribution in [2.24, 2.45) is 5.73 Å². The lowest BCUT2D eigenvalue weighted by atomic mass is 10.1. The molecule has 0 saturated heterocycles. The second kappa shape index (κ2) is 5.05. The third-order valence-electron chi connectivity index (χ3n) is 1.91. The van der Waals surface area contributed by atoms with Gasteiger partial charge in [-0.25, -0.2) is 0 Å². The predicted molar refractivity (Wildman–Crippen MR) is 55.0 cm³/mol. The minimum atomic E-state index is -0.406. The van der Waals surface area contributed by atoms with E-state index in [0.717, 1.165) is 11.1 Å². The summed E-state index contributed by atoms with van der Waals surface area (Å²) in [6.07, 6.45) is 4.92. The predicted octanol–water partition coefficient (Wildman–Crippen LogP) is 0.395. The van der Waals surface area contributed by atoms with Crippen LogP contribution < -0.4 is 11.1 Å². The van der Waals surface area contributed by atoms with Gasteiger partial charge in [-0.1, -0.05) is 24.3 Å². The number of hydrogen-bond donors (Lipinski definition) is 2. The Morgan fingerprint density at radius 3 is 2.64 bits per heavy atom. The second-order valence-corrected chi connectivity index (χ2v) is 2.80. The zero-order valence-electron chi connectivity index (χ0n) is 7.79. The fraction of sp³-hybridized carbons (Fsp3) is 0.182. The maximum Gasteiger partial charge on any atom is 0.295 e. The Labute approximate surface area is 83.3 Å². The summed E-state index contributed by atoms with van der Waals surface area (Å²) >= 11 is 0. The van der Waals surface area contributed by atoms with Gasteiger partial charge in [0.15, 0.2) is 0 Å². The molecule has 0 radical (unpaired) electrons. The Hall–Kier alpha value is -1.79. The summed E-state index contributed by atoms with van der Waals surface area (Å²) in [4.78, 5) is 10.8. The third kappa shape index (κ3) is 2.61. The molecule has 72 valence electrons. The van der Waals surface area contributed by atoms with Gasteiger partial charge in [-0.05, 0) is 17.0 Å². The first-order chi connectivity index (χ1) is 6.77. The van der Waals surface area contributed by atoms with Crippen molar-refractivity contribution in [3.05, 3.63) is 35.4 Å². The number of rotatable bonds is 3. The first-order valence-electron chi connectivity index (χ1n) is 4.29. The number of carbonyl (C=O) groups excluding carboxylic acids is 1. The number of hydrogen-bond acceptors (Lipinski definition) is 2. The SMILES string of the molecule is C#CC(=O)NCc1ccccc1CN. The van der Waals surface area contributed by atoms with Crippen LogP contribution in [0.25, 0.3) is 0 Å². The Kier molecular flexibility index (Phi) is 3.71. The van der Waals surface area contributed by atoms with E-state index < -0.39 is 5.91 Å². The molecule has 1 amide bonds. The van der Waals surface area contributed by atoms with Gasteiger partial charge in [0.05, 0.1) is 0 Å². The highest BCUT2D eigenvalue weighted by atomic mass is 16.1. The van der Waals surface area contributed by atoms with Gasteiger partial charge in [0.25, 0.3) is 5.91 Å². The van der Waals surface area contributed by atoms with Crippen molar-refractivity contribution >= 4 is 5.91 Å². The zero-order valence-corrected chi connectivity index (χ0v) is 7.79. The monoisotopic (exact) mass is 188 g/mol. The standard InChI is InChI=1S/C11H12N2O/c1-2-11(14)13-8-10-6-4-3-5-9(10)7-12/h1,3-6H,7-8,12H2,(H,13,14). The molecule has 0 heterocycles. The molecule has 14 heavy (non-hydrogen) atoms. The molecule has 3 nitrogen and oxygen atoms in total. The van der Waals surface area contributed by atoms with Crippen molar-refractivity contribution in [2.45, 2.75) is 13.1 Å². The van der Waals surface area contributed by atoms with Crippen LogP contribution >= 0.6 is 0 Å². The number of benzene rings is 1. The molecule has 1 rings (SSSR count). The van der Waals surface area contributed by atoms with Crippen LogP contribution in [0.2, 0.25) is 0 Å². The summed E-state index contributed by atoms with van der Waals surface area (Å²) in [5.41, 5.74) is 7.55. The van der Waals surface area contributed by atoms with Gasteiger partial charge in [-0.3, -0.25) is 4.79 Å². The van der Waals surface area contributed by atoms with Gasteiger partial charge in [0, 0.05) is 13.1 Å². The Bertz CT molecular complexity index is 366. The van der Waals surface area contributed by atoms with E-state index in [4.69, 9.17) is 12.2 Å². The normalized spacial score (nSPS) is 9.14. The molecule has 0 fully saturated rings. The molecular formula is C11H12N2O. The summed E-state index contributed by atoms with van der Waals surface area (Å²) < 4.78 is 0. The molecule has 0 aliphatic carbocycles. The Morgan fingerprint density at radius 2 is 2.07 bits per heavy atom. The van der Waals surface area contributed by atoms with Crippen molar-refractivity contribution in [3.8, 4) is 12.3 Å². The highest BCUT2D eigenvalue weighted by molar-refractivity contribution is 5.92. The molecule has 0 spiro atoms. The third-order valence-corrected chi connectivity index (χ3v) is 1.91. The van der Waals surface area contributed by atoms with Gasteiger partial charge >= 0.3 is 0 Å². The van der Waals surface area contributed by atoms with Crippen molar-refractivity contribution in [3.63, 3.8) is 0 Å². The fourth-order valence-corrected chi connectivity index (χ4v) is 1.16. The number of nitrogens with one attached hydrogen (secondary N) is 1. The largest absolute Gasteiger partial charge is 0.341 e. The maximum atomic E-state index is 10.8. The van der Waals surface area contributed by atoms with Gasteiger partial charge in [0.2, 0.25) is 0 Å². The van der Waals surface area contributed by atoms with E-state index in [0.29, 0.717) is 13.1 Å². The molecule has 0 saturated carbocycles. The van der Waals surface area contributed by atoms with Crippen LogP contribution in [0, 0.1) is 12.3 Å². The average molecular weight is 188 g/mol. The first-order valence-corrected chi connectivity index (χ1v) is 4.29. The van der Waals surface area contributed by atoms with Crippen molar-refractivity contribution in [1.82, 2.24) is 5.32 Å². The van der Waals surface area contributed by atoms with Crippen LogP contribution in [-0.2, 0) is 17.9 Å². The number of terminal acetylenes is 1. The van der Waals surface area contributed by atoms with Gasteiger partial charge in [0.1, 0.15) is 0 Å². The van der Waals surface area contributed by atoms with Gasteiger partial charge in [-0.2, -0.15) is 0 Å². The summed E-state index contributed by atoms with van der Waals surface area (Å²) in [7, 11) is 0. The van der Waals surface area contributed by atoms with E-state index in [1.807, 2.05) is 30.2 Å². The highest BCUT2D eigenvalue weighted by Crippen LogP contribution is 2.06. The van der Waals surface area contributed by atoms with Crippen LogP contribution in [0.5, 0.6) is 0 Å². The quantitative estimate of drug-likeness (QED) is 0.674. The molecule has 3 N–H and O–H groups in total. The van der Waals surface area contributed by atoms with Crippen molar-refractivity contribution < 1.29 is 4.79 Å². The lowest BCUT2D eigenvalue weighted by molar-refractivity contribution is -0.115. The number of nitrogens with two attached hydrogens (primary N) is 1. The average Bonchev–Trinajstić information content (AvgIpc) is 2.26. The van der Waals surface area contributed by atoms with E-state index in [1.54, 1.807) is 0 Å². The van der Waals surface area contributed by atoms with Crippen LogP contribution in [0.3, 0.4) is 0 Å². The Balaban J connectivity index is 2.67. The minimum Gasteiger partial charge on any atom is -0.341 e. The maximum absolute atomic E-state index is 10.8. The van der Waals surface area contributed by atoms with Crippen LogP contribution in [0.1, 0.15) is 11.1 Å². The molecule has 0 aliphatic heterocycles. The summed E-state index contributed by atoms with van der Waals surface area (Å²) in [5, 5.41) is 2.59. The Morgan fingerprint density at radius 1 is 1.43 bits per heavy atom.